The highest BCUT2D eigenvalue weighted by atomic mass is 35.5. The van der Waals surface area contributed by atoms with Crippen LogP contribution in [0.25, 0.3) is 10.9 Å². The first-order valence-electron chi connectivity index (χ1n) is 6.50. The average Bonchev–Trinajstić information content (AvgIpc) is 2.57. The summed E-state index contributed by atoms with van der Waals surface area (Å²) in [6, 6.07) is 7.32. The van der Waals surface area contributed by atoms with Gasteiger partial charge in [0.05, 0.1) is 17.6 Å². The maximum Gasteiger partial charge on any atom is 0.150 e. The van der Waals surface area contributed by atoms with E-state index in [9.17, 15) is 9.30 Å². The molecule has 0 bridgehead atoms. The highest BCUT2D eigenvalue weighted by Crippen LogP contribution is 2.34. The zero-order valence-electron chi connectivity index (χ0n) is 11.9. The van der Waals surface area contributed by atoms with E-state index in [4.69, 9.17) is 16.3 Å². The van der Waals surface area contributed by atoms with E-state index in [1.165, 1.54) is 37.7 Å². The van der Waals surface area contributed by atoms with Gasteiger partial charge in [0.1, 0.15) is 23.7 Å². The second-order valence-electron chi connectivity index (χ2n) is 4.61. The van der Waals surface area contributed by atoms with Crippen LogP contribution in [0.15, 0.2) is 41.8 Å². The Balaban J connectivity index is 2.09. The van der Waals surface area contributed by atoms with Gasteiger partial charge in [-0.1, -0.05) is 11.6 Å². The number of fused-ring (bicyclic) bond motifs is 1. The summed E-state index contributed by atoms with van der Waals surface area (Å²) in [4.78, 5) is 19.2. The van der Waals surface area contributed by atoms with E-state index in [0.29, 0.717) is 28.2 Å². The molecule has 0 atom stereocenters. The summed E-state index contributed by atoms with van der Waals surface area (Å²) in [7, 11) is 1.44. The summed E-state index contributed by atoms with van der Waals surface area (Å²) in [5.74, 6) is 0.245. The number of halogens is 2. The molecule has 0 radical (unpaired) electrons. The summed E-state index contributed by atoms with van der Waals surface area (Å²) in [5.41, 5.74) is 1.25. The molecule has 0 saturated carbocycles. The van der Waals surface area contributed by atoms with Gasteiger partial charge >= 0.3 is 0 Å². The van der Waals surface area contributed by atoms with Crippen LogP contribution < -0.4 is 10.1 Å². The smallest absolute Gasteiger partial charge is 0.150 e. The lowest BCUT2D eigenvalue weighted by Gasteiger charge is -2.10. The van der Waals surface area contributed by atoms with Crippen molar-refractivity contribution < 1.29 is 9.13 Å². The number of rotatable bonds is 4. The number of anilines is 2. The molecule has 0 aliphatic heterocycles. The minimum atomic E-state index is -0.512. The predicted molar refractivity (Wildman–Crippen MR) is 86.2 cm³/mol. The van der Waals surface area contributed by atoms with E-state index in [-0.39, 0.29) is 10.7 Å². The Morgan fingerprint density at radius 2 is 2.09 bits per heavy atom. The molecule has 3 aromatic rings. The Morgan fingerprint density at radius 1 is 1.26 bits per heavy atom. The van der Waals surface area contributed by atoms with Gasteiger partial charge in [-0.3, -0.25) is 0 Å². The Bertz CT molecular complexity index is 904. The number of hydrogen-bond donors (Lipinski definition) is 1. The van der Waals surface area contributed by atoms with Gasteiger partial charge in [-0.25, -0.2) is 14.4 Å². The molecule has 1 aromatic heterocycles. The van der Waals surface area contributed by atoms with E-state index in [2.05, 4.69) is 20.5 Å². The van der Waals surface area contributed by atoms with Crippen molar-refractivity contribution in [3.05, 3.63) is 52.4 Å². The third kappa shape index (κ3) is 2.91. The van der Waals surface area contributed by atoms with Crippen molar-refractivity contribution in [3.63, 3.8) is 0 Å². The van der Waals surface area contributed by atoms with E-state index in [1.54, 1.807) is 6.07 Å². The normalized spacial score (nSPS) is 10.6. The lowest BCUT2D eigenvalue weighted by atomic mass is 10.2. The lowest BCUT2D eigenvalue weighted by molar-refractivity contribution is 0.416. The fourth-order valence-corrected chi connectivity index (χ4v) is 2.30. The first-order valence-corrected chi connectivity index (χ1v) is 6.88. The molecule has 0 saturated heterocycles. The zero-order valence-corrected chi connectivity index (χ0v) is 12.6. The molecule has 0 unspecified atom stereocenters. The van der Waals surface area contributed by atoms with E-state index >= 15 is 0 Å². The number of nitrogens with one attached hydrogen (secondary N) is 1. The molecule has 23 heavy (non-hydrogen) atoms. The molecule has 2 aromatic carbocycles. The van der Waals surface area contributed by atoms with Gasteiger partial charge in [-0.2, -0.15) is 0 Å². The molecule has 116 valence electrons. The minimum Gasteiger partial charge on any atom is -0.494 e. The van der Waals surface area contributed by atoms with Crippen LogP contribution in [0.5, 0.6) is 5.75 Å². The Hall–Kier alpha value is -2.80. The predicted octanol–water partition coefficient (Wildman–Crippen LogP) is 4.57. The summed E-state index contributed by atoms with van der Waals surface area (Å²) in [5, 5.41) is 6.52. The first kappa shape index (κ1) is 15.1. The summed E-state index contributed by atoms with van der Waals surface area (Å²) in [6.45, 7) is 0. The lowest BCUT2D eigenvalue weighted by Crippen LogP contribution is -1.97. The monoisotopic (exact) mass is 332 g/mol. The van der Waals surface area contributed by atoms with Crippen molar-refractivity contribution in [1.29, 1.82) is 0 Å². The fraction of sp³-hybridized carbons (Fsp3) is 0.0667. The molecule has 1 heterocycles. The van der Waals surface area contributed by atoms with Gasteiger partial charge in [-0.05, 0) is 29.4 Å². The number of hydrogen-bond acceptors (Lipinski definition) is 6. The summed E-state index contributed by atoms with van der Waals surface area (Å²) in [6.07, 6.45) is 1.36. The Kier molecular flexibility index (Phi) is 4.03. The standard InChI is InChI=1S/C15H10ClFN4O2/c1-23-14-6-12-9(5-13(14)21-22)15(19-7-18-12)20-8-2-3-11(17)10(16)4-8/h2-7H,1H3,(H,18,19,20). The van der Waals surface area contributed by atoms with Crippen LogP contribution >= 0.6 is 11.6 Å². The summed E-state index contributed by atoms with van der Waals surface area (Å²) >= 11 is 5.76. The number of methoxy groups -OCH3 is 1. The SMILES string of the molecule is COc1cc2ncnc(Nc3ccc(F)c(Cl)c3)c2cc1N=O. The largest absolute Gasteiger partial charge is 0.494 e. The molecule has 8 heteroatoms. The molecular formula is C15H10ClFN4O2. The van der Waals surface area contributed by atoms with Gasteiger partial charge in [0.25, 0.3) is 0 Å². The van der Waals surface area contributed by atoms with E-state index in [0.717, 1.165) is 0 Å². The van der Waals surface area contributed by atoms with Crippen LogP contribution in [0.1, 0.15) is 0 Å². The molecule has 0 aliphatic rings. The Morgan fingerprint density at radius 3 is 2.78 bits per heavy atom. The van der Waals surface area contributed by atoms with Crippen molar-refractivity contribution in [2.24, 2.45) is 5.18 Å². The van der Waals surface area contributed by atoms with Gasteiger partial charge in [0.15, 0.2) is 5.69 Å². The average molecular weight is 333 g/mol. The van der Waals surface area contributed by atoms with Crippen LogP contribution in [0.4, 0.5) is 21.6 Å². The molecule has 0 amide bonds. The number of ether oxygens (including phenoxy) is 1. The molecule has 1 N–H and O–H groups in total. The second-order valence-corrected chi connectivity index (χ2v) is 5.02. The van der Waals surface area contributed by atoms with Crippen molar-refractivity contribution in [3.8, 4) is 5.75 Å². The third-order valence-corrected chi connectivity index (χ3v) is 3.51. The highest BCUT2D eigenvalue weighted by molar-refractivity contribution is 6.31. The topological polar surface area (TPSA) is 76.5 Å². The highest BCUT2D eigenvalue weighted by Gasteiger charge is 2.11. The first-order chi connectivity index (χ1) is 11.1. The number of aromatic nitrogens is 2. The van der Waals surface area contributed by atoms with Crippen molar-refractivity contribution in [2.75, 3.05) is 12.4 Å². The summed E-state index contributed by atoms with van der Waals surface area (Å²) < 4.78 is 18.3. The quantitative estimate of drug-likeness (QED) is 0.708. The van der Waals surface area contributed by atoms with Crippen LogP contribution in [0.3, 0.4) is 0 Å². The molecular weight excluding hydrogens is 323 g/mol. The maximum atomic E-state index is 13.2. The van der Waals surface area contributed by atoms with Gasteiger partial charge in [-0.15, -0.1) is 4.91 Å². The number of benzene rings is 2. The minimum absolute atomic E-state index is 0.00900. The fourth-order valence-electron chi connectivity index (χ4n) is 2.12. The van der Waals surface area contributed by atoms with Crippen LogP contribution in [-0.4, -0.2) is 17.1 Å². The van der Waals surface area contributed by atoms with Gasteiger partial charge in [0, 0.05) is 17.1 Å². The van der Waals surface area contributed by atoms with Crippen molar-refractivity contribution in [1.82, 2.24) is 9.97 Å². The second kappa shape index (κ2) is 6.13. The Labute approximate surface area is 135 Å². The van der Waals surface area contributed by atoms with Crippen LogP contribution in [-0.2, 0) is 0 Å². The molecule has 0 fully saturated rings. The number of nitroso groups, excluding NO2 is 1. The third-order valence-electron chi connectivity index (χ3n) is 3.22. The molecule has 0 aliphatic carbocycles. The maximum absolute atomic E-state index is 13.2. The van der Waals surface area contributed by atoms with Crippen molar-refractivity contribution >= 4 is 39.7 Å². The molecule has 3 rings (SSSR count). The number of nitrogens with zero attached hydrogens (tertiary/aromatic N) is 3. The van der Waals surface area contributed by atoms with E-state index < -0.39 is 5.82 Å². The van der Waals surface area contributed by atoms with Crippen molar-refractivity contribution in [2.45, 2.75) is 0 Å². The van der Waals surface area contributed by atoms with E-state index in [1.807, 2.05) is 0 Å². The van der Waals surface area contributed by atoms with Gasteiger partial charge < -0.3 is 10.1 Å². The molecule has 6 nitrogen and oxygen atoms in total. The zero-order chi connectivity index (χ0) is 16.4. The van der Waals surface area contributed by atoms with Crippen LogP contribution in [0.2, 0.25) is 5.02 Å². The van der Waals surface area contributed by atoms with Gasteiger partial charge in [0.2, 0.25) is 0 Å². The van der Waals surface area contributed by atoms with Crippen LogP contribution in [0, 0.1) is 10.7 Å². The molecule has 0 spiro atoms.